The molecule has 2 atom stereocenters. The van der Waals surface area contributed by atoms with Crippen LogP contribution in [0.2, 0.25) is 0 Å². The van der Waals surface area contributed by atoms with E-state index in [0.717, 1.165) is 26.2 Å². The van der Waals surface area contributed by atoms with Crippen LogP contribution in [0, 0.1) is 5.92 Å². The van der Waals surface area contributed by atoms with Gasteiger partial charge in [0, 0.05) is 24.2 Å². The predicted octanol–water partition coefficient (Wildman–Crippen LogP) is 2.65. The number of rotatable bonds is 5. The molecule has 1 saturated heterocycles. The van der Waals surface area contributed by atoms with Crippen molar-refractivity contribution in [2.75, 3.05) is 24.6 Å². The first-order valence-corrected chi connectivity index (χ1v) is 8.59. The van der Waals surface area contributed by atoms with E-state index < -0.39 is 0 Å². The Morgan fingerprint density at radius 1 is 1.50 bits per heavy atom. The van der Waals surface area contributed by atoms with Crippen molar-refractivity contribution in [3.05, 3.63) is 11.1 Å². The SMILES string of the molecule is CC(C)CNCc1cnc(N2CCOC3CCCC32)s1. The Bertz CT molecular complexity index is 435. The summed E-state index contributed by atoms with van der Waals surface area (Å²) in [7, 11) is 0. The van der Waals surface area contributed by atoms with Gasteiger partial charge >= 0.3 is 0 Å². The summed E-state index contributed by atoms with van der Waals surface area (Å²) in [6.45, 7) is 8.32. The number of thiazole rings is 1. The molecule has 3 rings (SSSR count). The van der Waals surface area contributed by atoms with E-state index in [1.807, 2.05) is 17.5 Å². The summed E-state index contributed by atoms with van der Waals surface area (Å²) in [4.78, 5) is 8.47. The van der Waals surface area contributed by atoms with Crippen molar-refractivity contribution >= 4 is 16.5 Å². The predicted molar refractivity (Wildman–Crippen MR) is 83.4 cm³/mol. The third-order valence-corrected chi connectivity index (χ3v) is 5.16. The standard InChI is InChI=1S/C15H25N3OS/c1-11(2)8-16-9-12-10-17-15(20-12)18-6-7-19-14-5-3-4-13(14)18/h10-11,13-14,16H,3-9H2,1-2H3. The lowest BCUT2D eigenvalue weighted by Gasteiger charge is -2.37. The number of anilines is 1. The van der Waals surface area contributed by atoms with Crippen LogP contribution in [0.4, 0.5) is 5.13 Å². The molecule has 2 unspecified atom stereocenters. The van der Waals surface area contributed by atoms with Crippen LogP contribution < -0.4 is 10.2 Å². The second-order valence-electron chi connectivity index (χ2n) is 6.23. The van der Waals surface area contributed by atoms with Crippen LogP contribution in [0.5, 0.6) is 0 Å². The molecule has 2 fully saturated rings. The third-order valence-electron chi connectivity index (χ3n) is 4.12. The zero-order chi connectivity index (χ0) is 13.9. The van der Waals surface area contributed by atoms with E-state index in [0.29, 0.717) is 18.1 Å². The monoisotopic (exact) mass is 295 g/mol. The third kappa shape index (κ3) is 3.15. The molecule has 4 nitrogen and oxygen atoms in total. The van der Waals surface area contributed by atoms with Crippen LogP contribution in [-0.4, -0.2) is 36.8 Å². The summed E-state index contributed by atoms with van der Waals surface area (Å²) in [6, 6.07) is 0.561. The topological polar surface area (TPSA) is 37.4 Å². The van der Waals surface area contributed by atoms with Crippen molar-refractivity contribution in [3.8, 4) is 0 Å². The van der Waals surface area contributed by atoms with Crippen molar-refractivity contribution in [3.63, 3.8) is 0 Å². The molecule has 112 valence electrons. The number of ether oxygens (including phenoxy) is 1. The highest BCUT2D eigenvalue weighted by molar-refractivity contribution is 7.15. The molecule has 0 bridgehead atoms. The fourth-order valence-corrected chi connectivity index (χ4v) is 4.12. The summed E-state index contributed by atoms with van der Waals surface area (Å²) >= 11 is 1.84. The number of aromatic nitrogens is 1. The summed E-state index contributed by atoms with van der Waals surface area (Å²) in [5, 5.41) is 4.68. The molecule has 1 N–H and O–H groups in total. The van der Waals surface area contributed by atoms with Crippen LogP contribution in [0.25, 0.3) is 0 Å². The molecule has 0 amide bonds. The van der Waals surface area contributed by atoms with Crippen molar-refractivity contribution in [2.45, 2.75) is 51.8 Å². The number of hydrogen-bond donors (Lipinski definition) is 1. The summed E-state index contributed by atoms with van der Waals surface area (Å²) in [6.07, 6.45) is 6.24. The van der Waals surface area contributed by atoms with E-state index in [2.05, 4.69) is 29.0 Å². The van der Waals surface area contributed by atoms with E-state index in [-0.39, 0.29) is 0 Å². The Balaban J connectivity index is 1.61. The van der Waals surface area contributed by atoms with Gasteiger partial charge in [-0.1, -0.05) is 13.8 Å². The van der Waals surface area contributed by atoms with Gasteiger partial charge in [-0.2, -0.15) is 0 Å². The summed E-state index contributed by atoms with van der Waals surface area (Å²) in [5.74, 6) is 0.695. The smallest absolute Gasteiger partial charge is 0.185 e. The zero-order valence-corrected chi connectivity index (χ0v) is 13.3. The fraction of sp³-hybridized carbons (Fsp3) is 0.800. The van der Waals surface area contributed by atoms with E-state index in [9.17, 15) is 0 Å². The van der Waals surface area contributed by atoms with Gasteiger partial charge in [0.1, 0.15) is 0 Å². The van der Waals surface area contributed by atoms with E-state index >= 15 is 0 Å². The maximum Gasteiger partial charge on any atom is 0.185 e. The maximum atomic E-state index is 5.87. The number of morpholine rings is 1. The summed E-state index contributed by atoms with van der Waals surface area (Å²) < 4.78 is 5.87. The van der Waals surface area contributed by atoms with Crippen LogP contribution >= 0.6 is 11.3 Å². The van der Waals surface area contributed by atoms with Gasteiger partial charge in [0.15, 0.2) is 5.13 Å². The van der Waals surface area contributed by atoms with Crippen molar-refractivity contribution in [1.29, 1.82) is 0 Å². The second kappa shape index (κ2) is 6.41. The Morgan fingerprint density at radius 3 is 3.25 bits per heavy atom. The van der Waals surface area contributed by atoms with Gasteiger partial charge in [0.2, 0.25) is 0 Å². The Morgan fingerprint density at radius 2 is 2.40 bits per heavy atom. The second-order valence-corrected chi connectivity index (χ2v) is 7.33. The van der Waals surface area contributed by atoms with Gasteiger partial charge < -0.3 is 15.0 Å². The normalized spacial score (nSPS) is 26.2. The van der Waals surface area contributed by atoms with E-state index in [4.69, 9.17) is 4.74 Å². The molecule has 0 radical (unpaired) electrons. The average Bonchev–Trinajstić information content (AvgIpc) is 3.06. The fourth-order valence-electron chi connectivity index (χ4n) is 3.16. The number of fused-ring (bicyclic) bond motifs is 1. The summed E-state index contributed by atoms with van der Waals surface area (Å²) in [5.41, 5.74) is 0. The van der Waals surface area contributed by atoms with Crippen LogP contribution in [0.3, 0.4) is 0 Å². The first kappa shape index (κ1) is 14.3. The molecule has 1 aliphatic carbocycles. The molecule has 1 aliphatic heterocycles. The Kier molecular flexibility index (Phi) is 4.58. The molecule has 1 aromatic heterocycles. The van der Waals surface area contributed by atoms with Gasteiger partial charge in [-0.25, -0.2) is 4.98 Å². The molecule has 0 aromatic carbocycles. The number of nitrogens with zero attached hydrogens (tertiary/aromatic N) is 2. The van der Waals surface area contributed by atoms with Gasteiger partial charge in [-0.05, 0) is 31.7 Å². The first-order chi connectivity index (χ1) is 9.74. The average molecular weight is 295 g/mol. The molecule has 1 aromatic rings. The van der Waals surface area contributed by atoms with Crippen molar-refractivity contribution in [2.24, 2.45) is 5.92 Å². The maximum absolute atomic E-state index is 5.87. The van der Waals surface area contributed by atoms with Gasteiger partial charge in [0.25, 0.3) is 0 Å². The number of hydrogen-bond acceptors (Lipinski definition) is 5. The zero-order valence-electron chi connectivity index (χ0n) is 12.5. The molecular weight excluding hydrogens is 270 g/mol. The van der Waals surface area contributed by atoms with Gasteiger partial charge in [0.05, 0.1) is 18.8 Å². The van der Waals surface area contributed by atoms with Gasteiger partial charge in [-0.3, -0.25) is 0 Å². The molecule has 1 saturated carbocycles. The minimum atomic E-state index is 0.440. The van der Waals surface area contributed by atoms with Gasteiger partial charge in [-0.15, -0.1) is 11.3 Å². The molecule has 5 heteroatoms. The highest BCUT2D eigenvalue weighted by Gasteiger charge is 2.37. The molecule has 0 spiro atoms. The molecule has 2 heterocycles. The highest BCUT2D eigenvalue weighted by Crippen LogP contribution is 2.34. The Hall–Kier alpha value is -0.650. The lowest BCUT2D eigenvalue weighted by atomic mass is 10.1. The van der Waals surface area contributed by atoms with Crippen LogP contribution in [0.1, 0.15) is 38.0 Å². The molecule has 20 heavy (non-hydrogen) atoms. The van der Waals surface area contributed by atoms with E-state index in [1.54, 1.807) is 0 Å². The van der Waals surface area contributed by atoms with Crippen LogP contribution in [0.15, 0.2) is 6.20 Å². The largest absolute Gasteiger partial charge is 0.374 e. The quantitative estimate of drug-likeness (QED) is 0.906. The highest BCUT2D eigenvalue weighted by atomic mass is 32.1. The van der Waals surface area contributed by atoms with Crippen molar-refractivity contribution in [1.82, 2.24) is 10.3 Å². The van der Waals surface area contributed by atoms with E-state index in [1.165, 1.54) is 29.3 Å². The van der Waals surface area contributed by atoms with Crippen LogP contribution in [-0.2, 0) is 11.3 Å². The minimum Gasteiger partial charge on any atom is -0.374 e. The lowest BCUT2D eigenvalue weighted by Crippen LogP contribution is -2.48. The molecule has 2 aliphatic rings. The molecular formula is C15H25N3OS. The van der Waals surface area contributed by atoms with Crippen molar-refractivity contribution < 1.29 is 4.74 Å². The Labute approximate surface area is 125 Å². The first-order valence-electron chi connectivity index (χ1n) is 7.77. The lowest BCUT2D eigenvalue weighted by molar-refractivity contribution is 0.0256. The minimum absolute atomic E-state index is 0.440. The number of nitrogens with one attached hydrogen (secondary N) is 1.